The van der Waals surface area contributed by atoms with E-state index in [1.54, 1.807) is 7.11 Å². The highest BCUT2D eigenvalue weighted by Crippen LogP contribution is 2.34. The van der Waals surface area contributed by atoms with Gasteiger partial charge in [0.25, 0.3) is 0 Å². The first kappa shape index (κ1) is 21.0. The average Bonchev–Trinajstić information content (AvgIpc) is 3.38. The molecule has 0 aromatic heterocycles. The molecule has 1 aromatic carbocycles. The van der Waals surface area contributed by atoms with Crippen LogP contribution in [0.3, 0.4) is 0 Å². The van der Waals surface area contributed by atoms with E-state index in [1.165, 1.54) is 18.4 Å². The van der Waals surface area contributed by atoms with Gasteiger partial charge in [0.2, 0.25) is 0 Å². The van der Waals surface area contributed by atoms with Crippen LogP contribution >= 0.6 is 24.0 Å². The van der Waals surface area contributed by atoms with Gasteiger partial charge in [-0.05, 0) is 57.0 Å². The van der Waals surface area contributed by atoms with Crippen molar-refractivity contribution >= 4 is 29.9 Å². The molecule has 0 amide bonds. The molecule has 2 rings (SSSR count). The summed E-state index contributed by atoms with van der Waals surface area (Å²) in [6.07, 6.45) is 3.67. The summed E-state index contributed by atoms with van der Waals surface area (Å²) in [6, 6.07) is 8.80. The Morgan fingerprint density at radius 2 is 1.92 bits per heavy atom. The maximum absolute atomic E-state index is 5.18. The number of hydrogen-bond donors (Lipinski definition) is 2. The lowest BCUT2D eigenvalue weighted by molar-refractivity contribution is 0.264. The SMILES string of the molecule is CN=C(NCCc1ccc(OC)cc1)NCC(C1CC1)N(C)C.I. The van der Waals surface area contributed by atoms with Gasteiger partial charge in [-0.1, -0.05) is 12.1 Å². The first-order chi connectivity index (χ1) is 11.1. The summed E-state index contributed by atoms with van der Waals surface area (Å²) in [7, 11) is 7.83. The van der Waals surface area contributed by atoms with Crippen molar-refractivity contribution < 1.29 is 4.74 Å². The zero-order chi connectivity index (χ0) is 16.7. The first-order valence-corrected chi connectivity index (χ1v) is 8.38. The van der Waals surface area contributed by atoms with Crippen molar-refractivity contribution in [1.82, 2.24) is 15.5 Å². The standard InChI is InChI=1S/C18H30N4O.HI/c1-19-18(21-13-17(22(2)3)15-7-8-15)20-12-11-14-5-9-16(23-4)10-6-14;/h5-6,9-10,15,17H,7-8,11-13H2,1-4H3,(H2,19,20,21);1H. The van der Waals surface area contributed by atoms with Crippen LogP contribution in [0.2, 0.25) is 0 Å². The Bertz CT molecular complexity index is 498. The van der Waals surface area contributed by atoms with Crippen molar-refractivity contribution in [3.05, 3.63) is 29.8 Å². The van der Waals surface area contributed by atoms with E-state index in [9.17, 15) is 0 Å². The number of nitrogens with one attached hydrogen (secondary N) is 2. The fourth-order valence-corrected chi connectivity index (χ4v) is 2.79. The van der Waals surface area contributed by atoms with Gasteiger partial charge in [0.05, 0.1) is 7.11 Å². The van der Waals surface area contributed by atoms with Crippen LogP contribution in [0.25, 0.3) is 0 Å². The molecule has 0 spiro atoms. The monoisotopic (exact) mass is 446 g/mol. The highest BCUT2D eigenvalue weighted by atomic mass is 127. The van der Waals surface area contributed by atoms with E-state index in [0.29, 0.717) is 6.04 Å². The number of halogens is 1. The van der Waals surface area contributed by atoms with Crippen molar-refractivity contribution in [1.29, 1.82) is 0 Å². The molecule has 1 aromatic rings. The van der Waals surface area contributed by atoms with E-state index in [2.05, 4.69) is 46.8 Å². The van der Waals surface area contributed by atoms with Crippen LogP contribution in [0.4, 0.5) is 0 Å². The van der Waals surface area contributed by atoms with Gasteiger partial charge < -0.3 is 20.3 Å². The molecule has 1 aliphatic rings. The van der Waals surface area contributed by atoms with E-state index < -0.39 is 0 Å². The van der Waals surface area contributed by atoms with Crippen LogP contribution in [-0.2, 0) is 6.42 Å². The first-order valence-electron chi connectivity index (χ1n) is 8.38. The van der Waals surface area contributed by atoms with E-state index in [0.717, 1.165) is 37.1 Å². The topological polar surface area (TPSA) is 48.9 Å². The smallest absolute Gasteiger partial charge is 0.191 e. The molecule has 0 bridgehead atoms. The summed E-state index contributed by atoms with van der Waals surface area (Å²) in [6.45, 7) is 1.81. The number of rotatable bonds is 8. The lowest BCUT2D eigenvalue weighted by Crippen LogP contribution is -2.46. The number of benzene rings is 1. The Hall–Kier alpha value is -1.02. The lowest BCUT2D eigenvalue weighted by atomic mass is 10.1. The van der Waals surface area contributed by atoms with Gasteiger partial charge in [0.1, 0.15) is 5.75 Å². The van der Waals surface area contributed by atoms with Crippen LogP contribution in [0.5, 0.6) is 5.75 Å². The molecule has 6 heteroatoms. The maximum atomic E-state index is 5.18. The van der Waals surface area contributed by atoms with E-state index >= 15 is 0 Å². The van der Waals surface area contributed by atoms with Crippen LogP contribution in [0.15, 0.2) is 29.3 Å². The largest absolute Gasteiger partial charge is 0.497 e. The molecule has 1 unspecified atom stereocenters. The summed E-state index contributed by atoms with van der Waals surface area (Å²) in [4.78, 5) is 6.63. The minimum absolute atomic E-state index is 0. The van der Waals surface area contributed by atoms with Gasteiger partial charge in [-0.15, -0.1) is 24.0 Å². The molecule has 1 atom stereocenters. The van der Waals surface area contributed by atoms with E-state index in [-0.39, 0.29) is 24.0 Å². The van der Waals surface area contributed by atoms with Crippen LogP contribution < -0.4 is 15.4 Å². The Morgan fingerprint density at radius 1 is 1.25 bits per heavy atom. The number of methoxy groups -OCH3 is 1. The summed E-state index contributed by atoms with van der Waals surface area (Å²) in [5, 5.41) is 6.84. The third kappa shape index (κ3) is 6.84. The minimum Gasteiger partial charge on any atom is -0.497 e. The number of hydrogen-bond acceptors (Lipinski definition) is 3. The van der Waals surface area contributed by atoms with Crippen LogP contribution in [-0.4, -0.2) is 58.2 Å². The molecule has 1 aliphatic carbocycles. The number of ether oxygens (including phenoxy) is 1. The van der Waals surface area contributed by atoms with Crippen molar-refractivity contribution in [2.75, 3.05) is 41.3 Å². The van der Waals surface area contributed by atoms with Gasteiger partial charge in [-0.25, -0.2) is 0 Å². The van der Waals surface area contributed by atoms with Crippen LogP contribution in [0.1, 0.15) is 18.4 Å². The van der Waals surface area contributed by atoms with Crippen molar-refractivity contribution in [3.8, 4) is 5.75 Å². The third-order valence-electron chi connectivity index (χ3n) is 4.40. The second-order valence-corrected chi connectivity index (χ2v) is 6.35. The molecule has 24 heavy (non-hydrogen) atoms. The fourth-order valence-electron chi connectivity index (χ4n) is 2.79. The summed E-state index contributed by atoms with van der Waals surface area (Å²) < 4.78 is 5.18. The molecule has 1 fully saturated rings. The lowest BCUT2D eigenvalue weighted by Gasteiger charge is -2.25. The van der Waals surface area contributed by atoms with Gasteiger partial charge in [-0.2, -0.15) is 0 Å². The fraction of sp³-hybridized carbons (Fsp3) is 0.611. The van der Waals surface area contributed by atoms with Gasteiger partial charge in [0.15, 0.2) is 5.96 Å². The number of guanidine groups is 1. The molecule has 0 aliphatic heterocycles. The second kappa shape index (κ2) is 10.8. The Morgan fingerprint density at radius 3 is 2.42 bits per heavy atom. The second-order valence-electron chi connectivity index (χ2n) is 6.35. The Kier molecular flexibility index (Phi) is 9.43. The predicted molar refractivity (Wildman–Crippen MR) is 112 cm³/mol. The molecule has 136 valence electrons. The number of aliphatic imine (C=N–C) groups is 1. The van der Waals surface area contributed by atoms with Gasteiger partial charge >= 0.3 is 0 Å². The zero-order valence-corrected chi connectivity index (χ0v) is 17.5. The summed E-state index contributed by atoms with van der Waals surface area (Å²) in [5.41, 5.74) is 1.29. The zero-order valence-electron chi connectivity index (χ0n) is 15.2. The van der Waals surface area contributed by atoms with Crippen molar-refractivity contribution in [2.45, 2.75) is 25.3 Å². The quantitative estimate of drug-likeness (QED) is 0.366. The molecule has 5 nitrogen and oxygen atoms in total. The predicted octanol–water partition coefficient (Wildman–Crippen LogP) is 2.36. The summed E-state index contributed by atoms with van der Waals surface area (Å²) in [5.74, 6) is 2.62. The molecule has 1 saturated carbocycles. The highest BCUT2D eigenvalue weighted by Gasteiger charge is 2.32. The van der Waals surface area contributed by atoms with Crippen molar-refractivity contribution in [3.63, 3.8) is 0 Å². The van der Waals surface area contributed by atoms with E-state index in [1.807, 2.05) is 19.2 Å². The molecule has 0 saturated heterocycles. The third-order valence-corrected chi connectivity index (χ3v) is 4.40. The molecule has 0 radical (unpaired) electrons. The normalized spacial score (nSPS) is 15.6. The molecule has 0 heterocycles. The number of nitrogens with zero attached hydrogens (tertiary/aromatic N) is 2. The summed E-state index contributed by atoms with van der Waals surface area (Å²) >= 11 is 0. The highest BCUT2D eigenvalue weighted by molar-refractivity contribution is 14.0. The Labute approximate surface area is 163 Å². The van der Waals surface area contributed by atoms with Crippen molar-refractivity contribution in [2.24, 2.45) is 10.9 Å². The van der Waals surface area contributed by atoms with E-state index in [4.69, 9.17) is 4.74 Å². The number of likely N-dealkylation sites (N-methyl/N-ethyl adjacent to an activating group) is 1. The molecular weight excluding hydrogens is 415 g/mol. The maximum Gasteiger partial charge on any atom is 0.191 e. The van der Waals surface area contributed by atoms with Crippen LogP contribution in [0, 0.1) is 5.92 Å². The van der Waals surface area contributed by atoms with Gasteiger partial charge in [-0.3, -0.25) is 4.99 Å². The minimum atomic E-state index is 0. The Balaban J connectivity index is 0.00000288. The molecular formula is C18H31IN4O. The average molecular weight is 446 g/mol. The molecule has 2 N–H and O–H groups in total. The van der Waals surface area contributed by atoms with Gasteiger partial charge in [0, 0.05) is 26.2 Å².